The Hall–Kier alpha value is -1.75. The summed E-state index contributed by atoms with van der Waals surface area (Å²) < 4.78 is 40.9. The SMILES string of the molecule is CC.CCOC(=O)C=C1CCCCC1.CCOC(=O)CC12CCCCC1C2.CCOC(=O)CC1=CCCCC1.CCOC(=O)CP(=O)(OCC)OCC.O=C(O)CC12CCCCC1C2.O=C1CCCCC1.[K+].[OH-]. The first kappa shape index (κ1) is 73.3. The summed E-state index contributed by atoms with van der Waals surface area (Å²) in [5.41, 5.74) is 3.19. The smallest absolute Gasteiger partial charge is 0.870 e. The van der Waals surface area contributed by atoms with Crippen LogP contribution in [0, 0.1) is 22.7 Å². The fourth-order valence-electron chi connectivity index (χ4n) is 10.2. The maximum absolute atomic E-state index is 11.8. The van der Waals surface area contributed by atoms with E-state index in [4.69, 9.17) is 28.4 Å². The molecule has 0 aromatic rings. The second-order valence-electron chi connectivity index (χ2n) is 19.3. The van der Waals surface area contributed by atoms with Gasteiger partial charge >= 0.3 is 88.8 Å². The van der Waals surface area contributed by atoms with E-state index in [1.54, 1.807) is 26.8 Å². The van der Waals surface area contributed by atoms with E-state index in [-0.39, 0.29) is 106 Å². The molecule has 0 spiro atoms. The van der Waals surface area contributed by atoms with Gasteiger partial charge in [0.15, 0.2) is 0 Å². The number of ether oxygens (including phenoxy) is 4. The quantitative estimate of drug-likeness (QED) is 0.0357. The second-order valence-corrected chi connectivity index (χ2v) is 21.3. The van der Waals surface area contributed by atoms with Crippen molar-refractivity contribution in [3.63, 3.8) is 0 Å². The molecule has 0 aromatic carbocycles. The molecule has 0 radical (unpaired) electrons. The molecule has 2 N–H and O–H groups in total. The Morgan fingerprint density at radius 3 is 1.49 bits per heavy atom. The van der Waals surface area contributed by atoms with Crippen LogP contribution in [-0.2, 0) is 61.3 Å². The zero-order chi connectivity index (χ0) is 53.0. The standard InChI is InChI=1S/C11H18O2.2C10H16O2.C9H14O2.C8H17O5P.C6H10O.C2H6.K.H2O/c1-2-13-10(12)8-11-6-4-3-5-9(11)7-11;2*1-2-12-10(11)8-9-6-4-3-5-7-9;10-8(11)6-9-4-2-1-3-7(9)5-9;1-4-11-8(9)7-14(10,12-5-2)13-6-3;7-6-4-2-1-3-5-6;1-2;;/h9H,2-8H2,1H3;8H,2-7H2,1H3;6H,2-5,7-8H2,1H3;7H,1-6H2,(H,10,11);4-7H2,1-3H3;1-5H2;1-2H3;;1H2/q;;;;;;;+1;/p-1. The Balaban J connectivity index is 0. The van der Waals surface area contributed by atoms with Crippen molar-refractivity contribution in [3.05, 3.63) is 23.3 Å². The molecule has 0 saturated heterocycles. The van der Waals surface area contributed by atoms with E-state index in [1.807, 2.05) is 34.6 Å². The van der Waals surface area contributed by atoms with Crippen molar-refractivity contribution in [2.24, 2.45) is 22.7 Å². The summed E-state index contributed by atoms with van der Waals surface area (Å²) >= 11 is 0. The first-order chi connectivity index (χ1) is 34.1. The Morgan fingerprint density at radius 2 is 1.07 bits per heavy atom. The summed E-state index contributed by atoms with van der Waals surface area (Å²) in [4.78, 5) is 65.4. The number of rotatable bonds is 17. The fraction of sp³-hybridized carbons (Fsp3) is 0.821. The zero-order valence-electron chi connectivity index (χ0n) is 47.0. The molecule has 4 atom stereocenters. The number of carbonyl (C=O) groups is 6. The normalized spacial score (nSPS) is 22.8. The number of fused-ring (bicyclic) bond motifs is 2. The van der Waals surface area contributed by atoms with E-state index in [2.05, 4.69) is 10.8 Å². The molecule has 0 heterocycles. The molecule has 7 aliphatic rings. The van der Waals surface area contributed by atoms with Crippen LogP contribution in [0.3, 0.4) is 0 Å². The minimum Gasteiger partial charge on any atom is -0.870 e. The van der Waals surface area contributed by atoms with Gasteiger partial charge in [0.05, 0.1) is 58.9 Å². The summed E-state index contributed by atoms with van der Waals surface area (Å²) in [6.07, 6.45) is 33.8. The van der Waals surface area contributed by atoms with Gasteiger partial charge in [-0.3, -0.25) is 28.5 Å². The van der Waals surface area contributed by atoms with E-state index in [0.29, 0.717) is 50.3 Å². The monoisotopic (exact) mass is 1080 g/mol. The molecular formula is C56H98KO15P. The number of carbonyl (C=O) groups excluding carboxylic acids is 5. The van der Waals surface area contributed by atoms with Crippen LogP contribution in [-0.4, -0.2) is 92.0 Å². The van der Waals surface area contributed by atoms with E-state index in [9.17, 15) is 33.3 Å². The first-order valence-corrected chi connectivity index (χ1v) is 29.5. The van der Waals surface area contributed by atoms with Crippen LogP contribution < -0.4 is 51.4 Å². The number of aliphatic carboxylic acids is 1. The first-order valence-electron chi connectivity index (χ1n) is 27.7. The summed E-state index contributed by atoms with van der Waals surface area (Å²) in [5, 5.41) is 8.66. The van der Waals surface area contributed by atoms with Crippen molar-refractivity contribution < 1.29 is 123 Å². The van der Waals surface area contributed by atoms with Gasteiger partial charge in [0.1, 0.15) is 11.9 Å². The van der Waals surface area contributed by atoms with E-state index < -0.39 is 19.5 Å². The minimum absolute atomic E-state index is 0. The Kier molecular flexibility index (Phi) is 43.4. The Morgan fingerprint density at radius 1 is 0.603 bits per heavy atom. The number of esters is 4. The van der Waals surface area contributed by atoms with Crippen LogP contribution in [0.4, 0.5) is 0 Å². The van der Waals surface area contributed by atoms with Crippen LogP contribution in [0.1, 0.15) is 229 Å². The summed E-state index contributed by atoms with van der Waals surface area (Å²) in [5.74, 6) is 0.698. The van der Waals surface area contributed by atoms with E-state index in [1.165, 1.54) is 114 Å². The molecule has 0 bridgehead atoms. The van der Waals surface area contributed by atoms with Gasteiger partial charge in [-0.25, -0.2) is 4.79 Å². The second kappa shape index (κ2) is 43.3. The van der Waals surface area contributed by atoms with Crippen molar-refractivity contribution >= 4 is 43.2 Å². The molecular weight excluding hydrogens is 983 g/mol. The van der Waals surface area contributed by atoms with Crippen molar-refractivity contribution in [3.8, 4) is 0 Å². The number of hydrogen-bond acceptors (Lipinski definition) is 14. The van der Waals surface area contributed by atoms with Gasteiger partial charge in [-0.1, -0.05) is 69.6 Å². The van der Waals surface area contributed by atoms with Gasteiger partial charge in [0, 0.05) is 18.9 Å². The van der Waals surface area contributed by atoms with Gasteiger partial charge < -0.3 is 38.6 Å². The van der Waals surface area contributed by atoms with Crippen LogP contribution in [0.5, 0.6) is 0 Å². The third-order valence-electron chi connectivity index (χ3n) is 13.8. The van der Waals surface area contributed by atoms with Crippen LogP contribution in [0.15, 0.2) is 23.3 Å². The molecule has 418 valence electrons. The molecule has 0 amide bonds. The molecule has 7 aliphatic carbocycles. The predicted octanol–water partition coefficient (Wildman–Crippen LogP) is 10.6. The summed E-state index contributed by atoms with van der Waals surface area (Å²) in [6.45, 7) is 16.9. The average Bonchev–Trinajstić information content (AvgIpc) is 4.25. The zero-order valence-corrected chi connectivity index (χ0v) is 51.0. The largest absolute Gasteiger partial charge is 1.00 e. The average molecular weight is 1080 g/mol. The molecule has 0 aromatic heterocycles. The number of allylic oxidation sites excluding steroid dienone is 2. The Labute approximate surface area is 483 Å². The minimum atomic E-state index is -3.28. The van der Waals surface area contributed by atoms with Gasteiger partial charge in [0.25, 0.3) is 0 Å². The Bertz CT molecular complexity index is 1660. The van der Waals surface area contributed by atoms with Crippen LogP contribution in [0.25, 0.3) is 0 Å². The van der Waals surface area contributed by atoms with Crippen molar-refractivity contribution in [2.75, 3.05) is 45.8 Å². The summed E-state index contributed by atoms with van der Waals surface area (Å²) in [7, 11) is -3.28. The molecule has 0 aliphatic heterocycles. The van der Waals surface area contributed by atoms with Crippen LogP contribution in [0.2, 0.25) is 0 Å². The van der Waals surface area contributed by atoms with Gasteiger partial charge in [-0.2, -0.15) is 0 Å². The van der Waals surface area contributed by atoms with E-state index >= 15 is 0 Å². The number of ketones is 1. The van der Waals surface area contributed by atoms with Gasteiger partial charge in [-0.05, 0) is 167 Å². The third-order valence-corrected chi connectivity index (χ3v) is 15.8. The number of hydrogen-bond donors (Lipinski definition) is 1. The summed E-state index contributed by atoms with van der Waals surface area (Å²) in [6, 6.07) is 0. The van der Waals surface area contributed by atoms with Gasteiger partial charge in [0.2, 0.25) is 0 Å². The molecule has 73 heavy (non-hydrogen) atoms. The molecule has 7 rings (SSSR count). The number of Topliss-reactive ketones (excluding diaryl/α,β-unsaturated/α-hetero) is 1. The molecule has 6 saturated carbocycles. The van der Waals surface area contributed by atoms with Crippen LogP contribution >= 0.6 is 7.60 Å². The topological polar surface area (TPSA) is 225 Å². The van der Waals surface area contributed by atoms with Crippen molar-refractivity contribution in [2.45, 2.75) is 229 Å². The third kappa shape index (κ3) is 33.2. The molecule has 6 fully saturated rings. The van der Waals surface area contributed by atoms with Gasteiger partial charge in [-0.15, -0.1) is 0 Å². The maximum atomic E-state index is 11.8. The molecule has 17 heteroatoms. The van der Waals surface area contributed by atoms with Crippen molar-refractivity contribution in [1.82, 2.24) is 0 Å². The fourth-order valence-corrected chi connectivity index (χ4v) is 11.7. The molecule has 15 nitrogen and oxygen atoms in total. The predicted molar refractivity (Wildman–Crippen MR) is 281 cm³/mol. The number of carboxylic acids is 1. The van der Waals surface area contributed by atoms with E-state index in [0.717, 1.165) is 63.2 Å². The maximum Gasteiger partial charge on any atom is 1.00 e. The molecule has 4 unspecified atom stereocenters. The number of carboxylic acid groups (broad SMARTS) is 1. The van der Waals surface area contributed by atoms with Crippen molar-refractivity contribution in [1.29, 1.82) is 0 Å².